The molecule has 0 aliphatic heterocycles. The second-order valence-corrected chi connectivity index (χ2v) is 7.90. The standard InChI is InChI=1S/C23H28BrN3O4/c1-5-10-31-23-18(24)12-17(13-20(23)30-4)14-25-27-22(29)9-8-21(28)26-19-11-15(2)6-7-16(19)3/h6-7,11-14H,5,8-10H2,1-4H3,(H,26,28)(H,27,29). The maximum Gasteiger partial charge on any atom is 0.240 e. The highest BCUT2D eigenvalue weighted by Crippen LogP contribution is 2.36. The minimum absolute atomic E-state index is 0.0326. The number of methoxy groups -OCH3 is 1. The smallest absolute Gasteiger partial charge is 0.240 e. The topological polar surface area (TPSA) is 89.0 Å². The number of ether oxygens (including phenoxy) is 2. The number of benzene rings is 2. The van der Waals surface area contributed by atoms with Crippen LogP contribution < -0.4 is 20.2 Å². The Balaban J connectivity index is 1.87. The maximum absolute atomic E-state index is 12.1. The van der Waals surface area contributed by atoms with Crippen molar-refractivity contribution in [2.75, 3.05) is 19.0 Å². The normalized spacial score (nSPS) is 10.7. The monoisotopic (exact) mass is 489 g/mol. The van der Waals surface area contributed by atoms with E-state index in [9.17, 15) is 9.59 Å². The van der Waals surface area contributed by atoms with Gasteiger partial charge in [0.25, 0.3) is 0 Å². The first-order chi connectivity index (χ1) is 14.8. The minimum atomic E-state index is -0.346. The first-order valence-corrected chi connectivity index (χ1v) is 10.8. The van der Waals surface area contributed by atoms with E-state index in [4.69, 9.17) is 9.47 Å². The third kappa shape index (κ3) is 7.71. The summed E-state index contributed by atoms with van der Waals surface area (Å²) in [6.07, 6.45) is 2.49. The van der Waals surface area contributed by atoms with Gasteiger partial charge in [-0.05, 0) is 71.1 Å². The van der Waals surface area contributed by atoms with Crippen molar-refractivity contribution in [2.24, 2.45) is 5.10 Å². The molecule has 166 valence electrons. The van der Waals surface area contributed by atoms with Gasteiger partial charge in [0.2, 0.25) is 11.8 Å². The highest BCUT2D eigenvalue weighted by molar-refractivity contribution is 9.10. The Morgan fingerprint density at radius 2 is 1.87 bits per heavy atom. The zero-order chi connectivity index (χ0) is 22.8. The molecule has 0 aromatic heterocycles. The van der Waals surface area contributed by atoms with Crippen molar-refractivity contribution < 1.29 is 19.1 Å². The van der Waals surface area contributed by atoms with Gasteiger partial charge in [-0.3, -0.25) is 9.59 Å². The molecule has 7 nitrogen and oxygen atoms in total. The maximum atomic E-state index is 12.1. The average Bonchev–Trinajstić information content (AvgIpc) is 2.73. The Bertz CT molecular complexity index is 960. The highest BCUT2D eigenvalue weighted by atomic mass is 79.9. The molecule has 0 saturated heterocycles. The summed E-state index contributed by atoms with van der Waals surface area (Å²) in [5, 5.41) is 6.80. The second-order valence-electron chi connectivity index (χ2n) is 7.04. The molecule has 2 amide bonds. The van der Waals surface area contributed by atoms with Crippen LogP contribution in [0, 0.1) is 13.8 Å². The first kappa shape index (κ1) is 24.4. The summed E-state index contributed by atoms with van der Waals surface area (Å²) in [6.45, 7) is 6.49. The molecule has 0 fully saturated rings. The van der Waals surface area contributed by atoms with Gasteiger partial charge in [-0.2, -0.15) is 5.10 Å². The average molecular weight is 490 g/mol. The fourth-order valence-corrected chi connectivity index (χ4v) is 3.28. The van der Waals surface area contributed by atoms with E-state index in [-0.39, 0.29) is 24.7 Å². The lowest BCUT2D eigenvalue weighted by atomic mass is 10.1. The van der Waals surface area contributed by atoms with Crippen LogP contribution in [-0.4, -0.2) is 31.7 Å². The molecule has 2 aromatic rings. The van der Waals surface area contributed by atoms with E-state index in [2.05, 4.69) is 31.8 Å². The molecule has 8 heteroatoms. The molecule has 0 radical (unpaired) electrons. The van der Waals surface area contributed by atoms with Crippen molar-refractivity contribution in [3.8, 4) is 11.5 Å². The Morgan fingerprint density at radius 1 is 1.13 bits per heavy atom. The molecule has 0 atom stereocenters. The van der Waals surface area contributed by atoms with Gasteiger partial charge >= 0.3 is 0 Å². The fourth-order valence-electron chi connectivity index (χ4n) is 2.70. The number of carbonyl (C=O) groups is 2. The third-order valence-electron chi connectivity index (χ3n) is 4.35. The summed E-state index contributed by atoms with van der Waals surface area (Å²) in [7, 11) is 1.56. The lowest BCUT2D eigenvalue weighted by molar-refractivity contribution is -0.124. The summed E-state index contributed by atoms with van der Waals surface area (Å²) >= 11 is 3.47. The predicted octanol–water partition coefficient (Wildman–Crippen LogP) is 4.73. The third-order valence-corrected chi connectivity index (χ3v) is 4.94. The predicted molar refractivity (Wildman–Crippen MR) is 126 cm³/mol. The zero-order valence-electron chi connectivity index (χ0n) is 18.3. The van der Waals surface area contributed by atoms with E-state index in [1.54, 1.807) is 13.2 Å². The van der Waals surface area contributed by atoms with Crippen molar-refractivity contribution in [1.82, 2.24) is 5.43 Å². The molecule has 31 heavy (non-hydrogen) atoms. The molecule has 2 rings (SSSR count). The minimum Gasteiger partial charge on any atom is -0.493 e. The van der Waals surface area contributed by atoms with Crippen LogP contribution in [0.25, 0.3) is 0 Å². The molecule has 0 bridgehead atoms. The Kier molecular flexibility index (Phi) is 9.52. The van der Waals surface area contributed by atoms with Crippen LogP contribution in [-0.2, 0) is 9.59 Å². The summed E-state index contributed by atoms with van der Waals surface area (Å²) < 4.78 is 11.8. The molecule has 0 saturated carbocycles. The van der Waals surface area contributed by atoms with Crippen LogP contribution >= 0.6 is 15.9 Å². The second kappa shape index (κ2) is 12.1. The largest absolute Gasteiger partial charge is 0.493 e. The van der Waals surface area contributed by atoms with Gasteiger partial charge in [0, 0.05) is 18.5 Å². The van der Waals surface area contributed by atoms with E-state index in [0.29, 0.717) is 18.1 Å². The number of rotatable bonds is 10. The van der Waals surface area contributed by atoms with Gasteiger partial charge in [-0.1, -0.05) is 19.1 Å². The lowest BCUT2D eigenvalue weighted by Crippen LogP contribution is -2.21. The van der Waals surface area contributed by atoms with Crippen molar-refractivity contribution in [3.05, 3.63) is 51.5 Å². The van der Waals surface area contributed by atoms with Gasteiger partial charge in [-0.15, -0.1) is 0 Å². The highest BCUT2D eigenvalue weighted by Gasteiger charge is 2.11. The molecular weight excluding hydrogens is 462 g/mol. The van der Waals surface area contributed by atoms with Crippen molar-refractivity contribution in [2.45, 2.75) is 40.0 Å². The Labute approximate surface area is 191 Å². The van der Waals surface area contributed by atoms with Crippen molar-refractivity contribution in [1.29, 1.82) is 0 Å². The van der Waals surface area contributed by atoms with E-state index in [1.165, 1.54) is 6.21 Å². The van der Waals surface area contributed by atoms with E-state index >= 15 is 0 Å². The number of halogens is 1. The number of nitrogens with one attached hydrogen (secondary N) is 2. The molecule has 2 N–H and O–H groups in total. The number of nitrogens with zero attached hydrogens (tertiary/aromatic N) is 1. The molecule has 0 unspecified atom stereocenters. The van der Waals surface area contributed by atoms with Crippen molar-refractivity contribution in [3.63, 3.8) is 0 Å². The molecule has 0 aliphatic rings. The number of hydrazone groups is 1. The summed E-state index contributed by atoms with van der Waals surface area (Å²) in [5.74, 6) is 0.629. The van der Waals surface area contributed by atoms with Gasteiger partial charge in [0.15, 0.2) is 11.5 Å². The van der Waals surface area contributed by atoms with Gasteiger partial charge in [0.05, 0.1) is 24.4 Å². The number of anilines is 1. The number of hydrogen-bond acceptors (Lipinski definition) is 5. The molecule has 0 aliphatic carbocycles. The van der Waals surface area contributed by atoms with Crippen LogP contribution in [0.1, 0.15) is 42.9 Å². The summed E-state index contributed by atoms with van der Waals surface area (Å²) in [6, 6.07) is 9.42. The number of aryl methyl sites for hydroxylation is 2. The van der Waals surface area contributed by atoms with E-state index in [1.807, 2.05) is 45.0 Å². The fraction of sp³-hybridized carbons (Fsp3) is 0.348. The van der Waals surface area contributed by atoms with Crippen LogP contribution in [0.5, 0.6) is 11.5 Å². The number of carbonyl (C=O) groups excluding carboxylic acids is 2. The molecule has 0 heterocycles. The van der Waals surface area contributed by atoms with Crippen LogP contribution in [0.15, 0.2) is 39.9 Å². The van der Waals surface area contributed by atoms with Gasteiger partial charge in [0.1, 0.15) is 0 Å². The molecular formula is C23H28BrN3O4. The number of amides is 2. The van der Waals surface area contributed by atoms with Crippen molar-refractivity contribution >= 4 is 39.6 Å². The molecule has 0 spiro atoms. The first-order valence-electron chi connectivity index (χ1n) is 10.0. The Morgan fingerprint density at radius 3 is 2.58 bits per heavy atom. The van der Waals surface area contributed by atoms with E-state index in [0.717, 1.165) is 33.3 Å². The van der Waals surface area contributed by atoms with Gasteiger partial charge < -0.3 is 14.8 Å². The number of hydrogen-bond donors (Lipinski definition) is 2. The van der Waals surface area contributed by atoms with Gasteiger partial charge in [-0.25, -0.2) is 5.43 Å². The lowest BCUT2D eigenvalue weighted by Gasteiger charge is -2.12. The summed E-state index contributed by atoms with van der Waals surface area (Å²) in [5.41, 5.74) is 5.95. The quantitative estimate of drug-likeness (QED) is 0.372. The van der Waals surface area contributed by atoms with Crippen LogP contribution in [0.4, 0.5) is 5.69 Å². The Hall–Kier alpha value is -2.87. The summed E-state index contributed by atoms with van der Waals surface area (Å²) in [4.78, 5) is 24.1. The SMILES string of the molecule is CCCOc1c(Br)cc(C=NNC(=O)CCC(=O)Nc2cc(C)ccc2C)cc1OC. The molecule has 2 aromatic carbocycles. The van der Waals surface area contributed by atoms with Crippen LogP contribution in [0.3, 0.4) is 0 Å². The van der Waals surface area contributed by atoms with E-state index < -0.39 is 0 Å². The zero-order valence-corrected chi connectivity index (χ0v) is 19.8. The van der Waals surface area contributed by atoms with Crippen LogP contribution in [0.2, 0.25) is 0 Å².